The van der Waals surface area contributed by atoms with Gasteiger partial charge in [0.25, 0.3) is 0 Å². The Morgan fingerprint density at radius 2 is 1.95 bits per heavy atom. The second-order valence-corrected chi connectivity index (χ2v) is 10.3. The summed E-state index contributed by atoms with van der Waals surface area (Å²) in [7, 11) is 2.57. The lowest BCUT2D eigenvalue weighted by Crippen LogP contribution is -2.28. The number of imidazole rings is 1. The third-order valence-electron chi connectivity index (χ3n) is 6.95. The highest BCUT2D eigenvalue weighted by atomic mass is 35.5. The maximum atomic E-state index is 13.2. The summed E-state index contributed by atoms with van der Waals surface area (Å²) in [4.78, 5) is 45.7. The van der Waals surface area contributed by atoms with E-state index >= 15 is 0 Å². The Morgan fingerprint density at radius 1 is 1.09 bits per heavy atom. The van der Waals surface area contributed by atoms with Gasteiger partial charge >= 0.3 is 12.1 Å². The van der Waals surface area contributed by atoms with Crippen molar-refractivity contribution in [1.29, 1.82) is 0 Å². The highest BCUT2D eigenvalue weighted by Gasteiger charge is 2.26. The number of esters is 1. The third kappa shape index (κ3) is 7.03. The average molecular weight is 620 g/mol. The summed E-state index contributed by atoms with van der Waals surface area (Å²) in [5.74, 6) is -0.581. The van der Waals surface area contributed by atoms with Gasteiger partial charge in [0.05, 0.1) is 25.9 Å². The summed E-state index contributed by atoms with van der Waals surface area (Å²) in [6.07, 6.45) is 6.96. The minimum Gasteiger partial charge on any atom is -0.464 e. The predicted molar refractivity (Wildman–Crippen MR) is 162 cm³/mol. The van der Waals surface area contributed by atoms with Crippen molar-refractivity contribution in [3.05, 3.63) is 70.9 Å². The number of tetrazole rings is 1. The second-order valence-electron chi connectivity index (χ2n) is 9.84. The number of anilines is 2. The topological polar surface area (TPSA) is 178 Å². The van der Waals surface area contributed by atoms with E-state index in [1.165, 1.54) is 31.3 Å². The summed E-state index contributed by atoms with van der Waals surface area (Å²) in [5, 5.41) is 20.8. The van der Waals surface area contributed by atoms with E-state index in [-0.39, 0.29) is 11.6 Å². The highest BCUT2D eigenvalue weighted by Crippen LogP contribution is 2.34. The van der Waals surface area contributed by atoms with Crippen molar-refractivity contribution >= 4 is 47.0 Å². The normalized spacial score (nSPS) is 14.8. The van der Waals surface area contributed by atoms with Crippen LogP contribution in [0.25, 0.3) is 23.0 Å². The number of hydrogen-bond acceptors (Lipinski definition) is 10. The first-order chi connectivity index (χ1) is 21.4. The summed E-state index contributed by atoms with van der Waals surface area (Å²) >= 11 is 6.21. The van der Waals surface area contributed by atoms with Crippen LogP contribution in [0, 0.1) is 0 Å². The Kier molecular flexibility index (Phi) is 9.49. The molecule has 4 aromatic rings. The Labute approximate surface area is 257 Å². The van der Waals surface area contributed by atoms with Gasteiger partial charge in [0.15, 0.2) is 5.69 Å². The van der Waals surface area contributed by atoms with Gasteiger partial charge in [0, 0.05) is 40.1 Å². The molecule has 2 aromatic heterocycles. The first kappa shape index (κ1) is 30.2. The van der Waals surface area contributed by atoms with Crippen LogP contribution in [-0.2, 0) is 14.3 Å². The summed E-state index contributed by atoms with van der Waals surface area (Å²) in [6.45, 7) is 0.641. The number of hydrogen-bond donors (Lipinski definition) is 4. The molecular weight excluding hydrogens is 590 g/mol. The first-order valence-corrected chi connectivity index (χ1v) is 14.2. The van der Waals surface area contributed by atoms with Crippen LogP contribution in [0.2, 0.25) is 5.02 Å². The fourth-order valence-electron chi connectivity index (χ4n) is 4.82. The van der Waals surface area contributed by atoms with E-state index in [9.17, 15) is 14.4 Å². The van der Waals surface area contributed by atoms with Crippen LogP contribution < -0.4 is 16.0 Å². The van der Waals surface area contributed by atoms with Gasteiger partial charge in [-0.1, -0.05) is 24.4 Å². The predicted octanol–water partition coefficient (Wildman–Crippen LogP) is 4.53. The molecule has 0 spiro atoms. The van der Waals surface area contributed by atoms with Gasteiger partial charge in [0.1, 0.15) is 17.8 Å². The quantitative estimate of drug-likeness (QED) is 0.177. The number of carbonyl (C=O) groups is 3. The number of ether oxygens (including phenoxy) is 2. The Balaban J connectivity index is 1.47. The van der Waals surface area contributed by atoms with E-state index in [0.717, 1.165) is 19.3 Å². The Bertz CT molecular complexity index is 1690. The molecule has 4 N–H and O–H groups in total. The zero-order chi connectivity index (χ0) is 31.1. The van der Waals surface area contributed by atoms with Gasteiger partial charge in [-0.05, 0) is 65.7 Å². The number of benzene rings is 2. The summed E-state index contributed by atoms with van der Waals surface area (Å²) in [6, 6.07) is 9.81. The molecule has 2 amide bonds. The lowest BCUT2D eigenvalue weighted by atomic mass is 10.0. The highest BCUT2D eigenvalue weighted by molar-refractivity contribution is 6.30. The molecule has 14 nitrogen and oxygen atoms in total. The van der Waals surface area contributed by atoms with Gasteiger partial charge in [-0.3, -0.25) is 10.1 Å². The minimum absolute atomic E-state index is 0.137. The van der Waals surface area contributed by atoms with Crippen molar-refractivity contribution in [3.63, 3.8) is 0 Å². The van der Waals surface area contributed by atoms with Crippen LogP contribution in [0.1, 0.15) is 53.6 Å². The second kappa shape index (κ2) is 13.8. The molecule has 1 atom stereocenters. The van der Waals surface area contributed by atoms with Crippen molar-refractivity contribution in [3.8, 4) is 16.9 Å². The number of nitrogens with zero attached hydrogens (tertiary/aromatic N) is 5. The smallest absolute Gasteiger partial charge is 0.411 e. The van der Waals surface area contributed by atoms with Crippen molar-refractivity contribution < 1.29 is 23.9 Å². The molecule has 2 bridgehead atoms. The number of nitrogens with one attached hydrogen (secondary N) is 4. The summed E-state index contributed by atoms with van der Waals surface area (Å²) < 4.78 is 11.2. The molecule has 5 rings (SSSR count). The van der Waals surface area contributed by atoms with Gasteiger partial charge in [-0.25, -0.2) is 14.6 Å². The molecule has 0 fully saturated rings. The van der Waals surface area contributed by atoms with Crippen LogP contribution >= 0.6 is 11.6 Å². The first-order valence-electron chi connectivity index (χ1n) is 13.8. The molecule has 2 aromatic carbocycles. The summed E-state index contributed by atoms with van der Waals surface area (Å²) in [5.41, 5.74) is 3.54. The fourth-order valence-corrected chi connectivity index (χ4v) is 5.00. The number of methoxy groups -OCH3 is 2. The molecule has 0 aliphatic carbocycles. The van der Waals surface area contributed by atoms with E-state index in [4.69, 9.17) is 26.1 Å². The molecule has 0 saturated heterocycles. The number of halogens is 1. The number of aromatic amines is 1. The number of H-pyrrole nitrogens is 1. The van der Waals surface area contributed by atoms with Crippen molar-refractivity contribution in [2.45, 2.75) is 31.7 Å². The lowest BCUT2D eigenvalue weighted by molar-refractivity contribution is -0.117. The molecule has 3 heterocycles. The molecule has 0 radical (unpaired) electrons. The van der Waals surface area contributed by atoms with E-state index in [1.54, 1.807) is 42.5 Å². The molecule has 0 unspecified atom stereocenters. The average Bonchev–Trinajstić information content (AvgIpc) is 3.71. The molecule has 0 saturated carbocycles. The zero-order valence-corrected chi connectivity index (χ0v) is 24.7. The zero-order valence-electron chi connectivity index (χ0n) is 24.0. The minimum atomic E-state index is -0.614. The molecule has 228 valence electrons. The van der Waals surface area contributed by atoms with E-state index in [0.29, 0.717) is 57.7 Å². The molecule has 1 aliphatic rings. The molecule has 1 aliphatic heterocycles. The number of aromatic nitrogens is 6. The fraction of sp³-hybridized carbons (Fsp3) is 0.276. The van der Waals surface area contributed by atoms with Crippen LogP contribution in [0.15, 0.2) is 48.8 Å². The van der Waals surface area contributed by atoms with Crippen molar-refractivity contribution in [2.24, 2.45) is 0 Å². The van der Waals surface area contributed by atoms with Crippen molar-refractivity contribution in [1.82, 2.24) is 35.5 Å². The van der Waals surface area contributed by atoms with Crippen LogP contribution in [0.3, 0.4) is 0 Å². The number of fused-ring (bicyclic) bond motifs is 4. The molecule has 44 heavy (non-hydrogen) atoms. The standard InChI is InChI=1S/C29H30ClN9O5/c1-43-28(41)26-25-20-10-9-19(33-29(42)44-2)15-22(20)31-13-5-3-4-6-21(27(35-25)36-26)34-24(40)12-7-17-14-18(30)8-11-23(17)39-16-32-37-38-39/h7-12,14-16,21,31H,3-6,13H2,1-2H3,(H,33,42)(H,34,40)(H,35,36)/t21-/m0/s1. The number of rotatable bonds is 6. The van der Waals surface area contributed by atoms with Crippen molar-refractivity contribution in [2.75, 3.05) is 31.4 Å². The van der Waals surface area contributed by atoms with E-state index in [1.807, 2.05) is 0 Å². The molecular formula is C29H30ClN9O5. The number of carbonyl (C=O) groups excluding carboxylic acids is 3. The number of amides is 2. The van der Waals surface area contributed by atoms with Crippen LogP contribution in [0.4, 0.5) is 16.2 Å². The SMILES string of the molecule is COC(=O)Nc1ccc2c(c1)NCCCCC[C@H](NC(=O)C=Cc1cc(Cl)ccc1-n1cnnn1)c1nc-2c(C(=O)OC)[nH]1. The largest absolute Gasteiger partial charge is 0.464 e. The Hall–Kier alpha value is -5.24. The van der Waals surface area contributed by atoms with Gasteiger partial charge < -0.3 is 25.1 Å². The molecule has 15 heteroatoms. The third-order valence-corrected chi connectivity index (χ3v) is 7.18. The van der Waals surface area contributed by atoms with E-state index in [2.05, 4.69) is 36.5 Å². The van der Waals surface area contributed by atoms with Gasteiger partial charge in [-0.2, -0.15) is 4.68 Å². The van der Waals surface area contributed by atoms with Crippen LogP contribution in [-0.4, -0.2) is 68.9 Å². The lowest BCUT2D eigenvalue weighted by Gasteiger charge is -2.17. The van der Waals surface area contributed by atoms with Gasteiger partial charge in [-0.15, -0.1) is 5.10 Å². The Morgan fingerprint density at radius 3 is 2.73 bits per heavy atom. The van der Waals surface area contributed by atoms with Crippen LogP contribution in [0.5, 0.6) is 0 Å². The maximum absolute atomic E-state index is 13.2. The van der Waals surface area contributed by atoms with Gasteiger partial charge in [0.2, 0.25) is 5.91 Å². The maximum Gasteiger partial charge on any atom is 0.411 e. The van der Waals surface area contributed by atoms with E-state index < -0.39 is 18.1 Å². The monoisotopic (exact) mass is 619 g/mol.